The summed E-state index contributed by atoms with van der Waals surface area (Å²) in [5.41, 5.74) is 0.651. The molecule has 0 fully saturated rings. The highest BCUT2D eigenvalue weighted by Crippen LogP contribution is 2.33. The molecule has 134 valence electrons. The van der Waals surface area contributed by atoms with Gasteiger partial charge in [0.05, 0.1) is 11.1 Å². The van der Waals surface area contributed by atoms with Crippen LogP contribution in [-0.2, 0) is 0 Å². The van der Waals surface area contributed by atoms with E-state index in [0.29, 0.717) is 21.5 Å². The van der Waals surface area contributed by atoms with Crippen LogP contribution in [0.3, 0.4) is 0 Å². The third-order valence-corrected chi connectivity index (χ3v) is 4.40. The number of aromatic nitrogens is 1. The molecule has 2 aromatic rings. The second kappa shape index (κ2) is 8.43. The minimum Gasteiger partial charge on any atom is -0.445 e. The molecule has 0 saturated heterocycles. The Morgan fingerprint density at radius 2 is 2.12 bits per heavy atom. The van der Waals surface area contributed by atoms with Crippen LogP contribution in [0.5, 0.6) is 10.8 Å². The predicted octanol–water partition coefficient (Wildman–Crippen LogP) is 4.46. The minimum atomic E-state index is -0.454. The maximum atomic E-state index is 11.9. The van der Waals surface area contributed by atoms with Crippen LogP contribution in [-0.4, -0.2) is 22.0 Å². The highest BCUT2D eigenvalue weighted by atomic mass is 32.1. The van der Waals surface area contributed by atoms with Crippen LogP contribution >= 0.6 is 11.3 Å². The summed E-state index contributed by atoms with van der Waals surface area (Å²) in [6, 6.07) is 4.18. The second-order valence-electron chi connectivity index (χ2n) is 5.41. The van der Waals surface area contributed by atoms with Gasteiger partial charge < -0.3 is 10.1 Å². The van der Waals surface area contributed by atoms with E-state index >= 15 is 0 Å². The number of nitrogens with one attached hydrogen (secondary N) is 2. The fourth-order valence-corrected chi connectivity index (χ4v) is 2.82. The molecule has 0 aliphatic rings. The van der Waals surface area contributed by atoms with Crippen LogP contribution in [0.15, 0.2) is 24.4 Å². The predicted molar refractivity (Wildman–Crippen MR) is 96.5 cm³/mol. The van der Waals surface area contributed by atoms with Crippen LogP contribution in [0.1, 0.15) is 32.3 Å². The van der Waals surface area contributed by atoms with Gasteiger partial charge in [0.15, 0.2) is 5.13 Å². The zero-order valence-corrected chi connectivity index (χ0v) is 15.1. The van der Waals surface area contributed by atoms with Crippen LogP contribution in [0, 0.1) is 17.0 Å². The first-order chi connectivity index (χ1) is 11.9. The van der Waals surface area contributed by atoms with E-state index in [-0.39, 0.29) is 17.8 Å². The van der Waals surface area contributed by atoms with Gasteiger partial charge in [0.2, 0.25) is 5.06 Å². The van der Waals surface area contributed by atoms with E-state index in [1.807, 2.05) is 13.8 Å². The van der Waals surface area contributed by atoms with Crippen molar-refractivity contribution in [3.8, 4) is 10.8 Å². The van der Waals surface area contributed by atoms with E-state index in [2.05, 4.69) is 15.6 Å². The van der Waals surface area contributed by atoms with E-state index in [1.165, 1.54) is 29.7 Å². The number of nitro benzene ring substituents is 1. The van der Waals surface area contributed by atoms with Gasteiger partial charge in [-0.2, -0.15) is 0 Å². The number of urea groups is 1. The molecule has 8 nitrogen and oxygen atoms in total. The van der Waals surface area contributed by atoms with E-state index in [9.17, 15) is 14.9 Å². The summed E-state index contributed by atoms with van der Waals surface area (Å²) in [6.45, 7) is 5.75. The smallest absolute Gasteiger partial charge is 0.321 e. The summed E-state index contributed by atoms with van der Waals surface area (Å²) >= 11 is 1.18. The standard InChI is InChI=1S/C16H20N4O4S/c1-4-11(5-2)18-15(21)19-16-17-9-14(25-16)24-13-7-6-12(20(22)23)8-10(13)3/h6-9,11H,4-5H2,1-3H3,(H2,17,18,19,21). The molecule has 0 unspecified atom stereocenters. The fraction of sp³-hybridized carbons (Fsp3) is 0.375. The molecule has 0 atom stereocenters. The highest BCUT2D eigenvalue weighted by Gasteiger charge is 2.13. The van der Waals surface area contributed by atoms with Gasteiger partial charge in [-0.25, -0.2) is 9.78 Å². The molecular weight excluding hydrogens is 344 g/mol. The lowest BCUT2D eigenvalue weighted by molar-refractivity contribution is -0.384. The Morgan fingerprint density at radius 1 is 1.40 bits per heavy atom. The third-order valence-electron chi connectivity index (χ3n) is 3.61. The Bertz CT molecular complexity index is 758. The number of non-ortho nitro benzene ring substituents is 1. The Labute approximate surface area is 149 Å². The summed E-state index contributed by atoms with van der Waals surface area (Å²) in [5.74, 6) is 0.502. The van der Waals surface area contributed by atoms with Crippen molar-refractivity contribution in [2.75, 3.05) is 5.32 Å². The maximum Gasteiger partial charge on any atom is 0.321 e. The van der Waals surface area contributed by atoms with Gasteiger partial charge in [0.25, 0.3) is 5.69 Å². The van der Waals surface area contributed by atoms with E-state index < -0.39 is 4.92 Å². The molecule has 1 aromatic carbocycles. The summed E-state index contributed by atoms with van der Waals surface area (Å²) in [5, 5.41) is 17.2. The van der Waals surface area contributed by atoms with E-state index in [0.717, 1.165) is 12.8 Å². The number of carbonyl (C=O) groups is 1. The zero-order valence-electron chi connectivity index (χ0n) is 14.2. The molecule has 0 aliphatic heterocycles. The fourth-order valence-electron chi connectivity index (χ4n) is 2.15. The normalized spacial score (nSPS) is 10.6. The van der Waals surface area contributed by atoms with Crippen molar-refractivity contribution in [3.05, 3.63) is 40.1 Å². The van der Waals surface area contributed by atoms with Gasteiger partial charge in [0, 0.05) is 18.2 Å². The van der Waals surface area contributed by atoms with Gasteiger partial charge in [-0.1, -0.05) is 25.2 Å². The lowest BCUT2D eigenvalue weighted by Crippen LogP contribution is -2.37. The van der Waals surface area contributed by atoms with Gasteiger partial charge in [-0.3, -0.25) is 15.4 Å². The molecule has 0 saturated carbocycles. The second-order valence-corrected chi connectivity index (χ2v) is 6.40. The van der Waals surface area contributed by atoms with Crippen molar-refractivity contribution in [3.63, 3.8) is 0 Å². The number of anilines is 1. The van der Waals surface area contributed by atoms with Gasteiger partial charge in [-0.15, -0.1) is 0 Å². The quantitative estimate of drug-likeness (QED) is 0.557. The number of aryl methyl sites for hydroxylation is 1. The number of nitro groups is 1. The van der Waals surface area contributed by atoms with Gasteiger partial charge in [0.1, 0.15) is 5.75 Å². The number of amides is 2. The molecule has 1 heterocycles. The van der Waals surface area contributed by atoms with E-state index in [1.54, 1.807) is 13.0 Å². The average molecular weight is 364 g/mol. The summed E-state index contributed by atoms with van der Waals surface area (Å²) < 4.78 is 5.69. The topological polar surface area (TPSA) is 106 Å². The Balaban J connectivity index is 2.00. The summed E-state index contributed by atoms with van der Waals surface area (Å²) in [4.78, 5) is 26.3. The lowest BCUT2D eigenvalue weighted by Gasteiger charge is -2.14. The van der Waals surface area contributed by atoms with Crippen molar-refractivity contribution in [2.24, 2.45) is 0 Å². The highest BCUT2D eigenvalue weighted by molar-refractivity contribution is 7.17. The molecule has 0 spiro atoms. The van der Waals surface area contributed by atoms with Crippen molar-refractivity contribution in [1.82, 2.24) is 10.3 Å². The van der Waals surface area contributed by atoms with E-state index in [4.69, 9.17) is 4.74 Å². The molecule has 0 radical (unpaired) electrons. The SMILES string of the molecule is CCC(CC)NC(=O)Nc1ncc(Oc2ccc([N+](=O)[O-])cc2C)s1. The Hall–Kier alpha value is -2.68. The van der Waals surface area contributed by atoms with Crippen molar-refractivity contribution in [1.29, 1.82) is 0 Å². The zero-order chi connectivity index (χ0) is 18.4. The monoisotopic (exact) mass is 364 g/mol. The molecule has 1 aromatic heterocycles. The van der Waals surface area contributed by atoms with Crippen molar-refractivity contribution < 1.29 is 14.5 Å². The molecule has 2 N–H and O–H groups in total. The first-order valence-corrected chi connectivity index (χ1v) is 8.70. The first kappa shape index (κ1) is 18.7. The molecule has 9 heteroatoms. The number of carbonyl (C=O) groups excluding carboxylic acids is 1. The van der Waals surface area contributed by atoms with Crippen LogP contribution in [0.25, 0.3) is 0 Å². The third kappa shape index (κ3) is 5.15. The molecular formula is C16H20N4O4S. The first-order valence-electron chi connectivity index (χ1n) is 7.89. The molecule has 0 aliphatic carbocycles. The van der Waals surface area contributed by atoms with Crippen molar-refractivity contribution >= 4 is 28.2 Å². The summed E-state index contributed by atoms with van der Waals surface area (Å²) in [7, 11) is 0. The maximum absolute atomic E-state index is 11.9. The average Bonchev–Trinajstić information content (AvgIpc) is 3.01. The van der Waals surface area contributed by atoms with Gasteiger partial charge in [-0.05, 0) is 31.4 Å². The summed E-state index contributed by atoms with van der Waals surface area (Å²) in [6.07, 6.45) is 3.21. The number of ether oxygens (including phenoxy) is 1. The number of nitrogens with zero attached hydrogens (tertiary/aromatic N) is 2. The Morgan fingerprint density at radius 3 is 2.72 bits per heavy atom. The molecule has 2 amide bonds. The number of rotatable bonds is 7. The minimum absolute atomic E-state index is 0.00887. The molecule has 25 heavy (non-hydrogen) atoms. The molecule has 2 rings (SSSR count). The number of thiazole rings is 1. The number of hydrogen-bond acceptors (Lipinski definition) is 6. The Kier molecular flexibility index (Phi) is 6.29. The molecule has 0 bridgehead atoms. The van der Waals surface area contributed by atoms with Crippen LogP contribution in [0.4, 0.5) is 15.6 Å². The van der Waals surface area contributed by atoms with Gasteiger partial charge >= 0.3 is 6.03 Å². The van der Waals surface area contributed by atoms with Crippen LogP contribution in [0.2, 0.25) is 0 Å². The number of benzene rings is 1. The largest absolute Gasteiger partial charge is 0.445 e. The lowest BCUT2D eigenvalue weighted by atomic mass is 10.2. The van der Waals surface area contributed by atoms with Crippen molar-refractivity contribution in [2.45, 2.75) is 39.7 Å². The number of hydrogen-bond donors (Lipinski definition) is 2. The van der Waals surface area contributed by atoms with Crippen LogP contribution < -0.4 is 15.4 Å².